The van der Waals surface area contributed by atoms with Gasteiger partial charge in [-0.2, -0.15) is 0 Å². The van der Waals surface area contributed by atoms with Crippen LogP contribution >= 0.6 is 23.4 Å². The molecule has 0 aromatic heterocycles. The fraction of sp³-hybridized carbons (Fsp3) is 0.500. The van der Waals surface area contributed by atoms with E-state index in [1.807, 2.05) is 23.9 Å². The number of halogens is 1. The Hall–Kier alpha value is -0.140. The van der Waals surface area contributed by atoms with Gasteiger partial charge in [-0.15, -0.1) is 11.8 Å². The third kappa shape index (κ3) is 2.93. The van der Waals surface area contributed by atoms with E-state index in [-0.39, 0.29) is 0 Å². The van der Waals surface area contributed by atoms with E-state index >= 15 is 0 Å². The minimum Gasteiger partial charge on any atom is -0.123 e. The van der Waals surface area contributed by atoms with Crippen LogP contribution in [0.25, 0.3) is 0 Å². The van der Waals surface area contributed by atoms with Gasteiger partial charge in [0, 0.05) is 15.2 Å². The summed E-state index contributed by atoms with van der Waals surface area (Å²) < 4.78 is 0. The molecule has 0 aliphatic carbocycles. The van der Waals surface area contributed by atoms with Gasteiger partial charge in [-0.05, 0) is 23.6 Å². The average molecular weight is 229 g/mol. The maximum atomic E-state index is 6.19. The van der Waals surface area contributed by atoms with Crippen LogP contribution in [0.3, 0.4) is 0 Å². The van der Waals surface area contributed by atoms with E-state index in [2.05, 4.69) is 33.8 Å². The van der Waals surface area contributed by atoms with Crippen molar-refractivity contribution in [1.29, 1.82) is 0 Å². The molecule has 0 spiro atoms. The van der Waals surface area contributed by atoms with Gasteiger partial charge < -0.3 is 0 Å². The molecule has 1 aromatic rings. The van der Waals surface area contributed by atoms with Gasteiger partial charge in [-0.25, -0.2) is 0 Å². The number of hydrogen-bond acceptors (Lipinski definition) is 1. The summed E-state index contributed by atoms with van der Waals surface area (Å²) in [6.07, 6.45) is 0. The van der Waals surface area contributed by atoms with Gasteiger partial charge >= 0.3 is 0 Å². The molecule has 0 nitrogen and oxygen atoms in total. The number of thioether (sulfide) groups is 1. The highest BCUT2D eigenvalue weighted by Crippen LogP contribution is 2.35. The third-order valence-corrected chi connectivity index (χ3v) is 3.36. The Bertz CT molecular complexity index is 305. The second-order valence-corrected chi connectivity index (χ2v) is 6.00. The van der Waals surface area contributed by atoms with Crippen molar-refractivity contribution in [1.82, 2.24) is 0 Å². The zero-order chi connectivity index (χ0) is 10.7. The monoisotopic (exact) mass is 228 g/mol. The molecular weight excluding hydrogens is 212 g/mol. The minimum atomic E-state index is 0.491. The lowest BCUT2D eigenvalue weighted by Crippen LogP contribution is -1.95. The van der Waals surface area contributed by atoms with Crippen LogP contribution in [0.1, 0.15) is 39.2 Å². The third-order valence-electron chi connectivity index (χ3n) is 1.95. The lowest BCUT2D eigenvalue weighted by molar-refractivity contribution is 0.841. The molecule has 78 valence electrons. The van der Waals surface area contributed by atoms with Gasteiger partial charge in [0.1, 0.15) is 0 Å². The maximum Gasteiger partial charge on any atom is 0.0451 e. The molecule has 0 atom stereocenters. The molecule has 0 saturated carbocycles. The van der Waals surface area contributed by atoms with Crippen LogP contribution in [0.5, 0.6) is 0 Å². The highest BCUT2D eigenvalue weighted by Gasteiger charge is 2.11. The van der Waals surface area contributed by atoms with Gasteiger partial charge in [0.25, 0.3) is 0 Å². The first-order chi connectivity index (χ1) is 6.52. The quantitative estimate of drug-likeness (QED) is 0.659. The van der Waals surface area contributed by atoms with E-state index in [1.165, 1.54) is 10.5 Å². The van der Waals surface area contributed by atoms with Gasteiger partial charge in [0.05, 0.1) is 0 Å². The highest BCUT2D eigenvalue weighted by molar-refractivity contribution is 8.00. The standard InChI is InChI=1S/C12H17ClS/c1-8(2)12-10(13)6-5-7-11(12)14-9(3)4/h5-9H,1-4H3. The molecule has 0 saturated heterocycles. The number of hydrogen-bond donors (Lipinski definition) is 0. The molecule has 1 rings (SSSR count). The van der Waals surface area contributed by atoms with Crippen LogP contribution < -0.4 is 0 Å². The molecule has 0 fully saturated rings. The van der Waals surface area contributed by atoms with Crippen LogP contribution in [0.4, 0.5) is 0 Å². The summed E-state index contributed by atoms with van der Waals surface area (Å²) in [5, 5.41) is 1.50. The topological polar surface area (TPSA) is 0 Å². The van der Waals surface area contributed by atoms with Crippen LogP contribution in [0.15, 0.2) is 23.1 Å². The predicted octanol–water partition coefficient (Wildman–Crippen LogP) is 4.96. The zero-order valence-corrected chi connectivity index (χ0v) is 10.7. The number of benzene rings is 1. The normalized spacial score (nSPS) is 11.4. The van der Waals surface area contributed by atoms with E-state index in [9.17, 15) is 0 Å². The van der Waals surface area contributed by atoms with Crippen LogP contribution in [0.2, 0.25) is 5.02 Å². The van der Waals surface area contributed by atoms with Crippen molar-refractivity contribution in [2.45, 2.75) is 43.8 Å². The molecule has 0 heterocycles. The SMILES string of the molecule is CC(C)Sc1cccc(Cl)c1C(C)C. The average Bonchev–Trinajstić information content (AvgIpc) is 2.01. The summed E-state index contributed by atoms with van der Waals surface area (Å²) in [5.41, 5.74) is 1.29. The molecule has 0 N–H and O–H groups in total. The predicted molar refractivity (Wildman–Crippen MR) is 66.5 cm³/mol. The van der Waals surface area contributed by atoms with Gasteiger partial charge in [0.2, 0.25) is 0 Å². The second-order valence-electron chi connectivity index (χ2n) is 3.97. The van der Waals surface area contributed by atoms with Crippen molar-refractivity contribution in [2.75, 3.05) is 0 Å². The summed E-state index contributed by atoms with van der Waals surface area (Å²) in [7, 11) is 0. The van der Waals surface area contributed by atoms with Crippen molar-refractivity contribution in [3.8, 4) is 0 Å². The molecule has 0 unspecified atom stereocenters. The smallest absolute Gasteiger partial charge is 0.0451 e. The lowest BCUT2D eigenvalue weighted by Gasteiger charge is -2.15. The molecule has 0 bridgehead atoms. The Balaban J connectivity index is 3.08. The van der Waals surface area contributed by atoms with E-state index in [0.29, 0.717) is 11.2 Å². The highest BCUT2D eigenvalue weighted by atomic mass is 35.5. The Morgan fingerprint density at radius 3 is 2.29 bits per heavy atom. The molecule has 0 radical (unpaired) electrons. The van der Waals surface area contributed by atoms with Crippen molar-refractivity contribution >= 4 is 23.4 Å². The van der Waals surface area contributed by atoms with E-state index in [4.69, 9.17) is 11.6 Å². The summed E-state index contributed by atoms with van der Waals surface area (Å²) in [6, 6.07) is 6.16. The second kappa shape index (κ2) is 5.09. The molecule has 0 amide bonds. The fourth-order valence-electron chi connectivity index (χ4n) is 1.43. The molecule has 2 heteroatoms. The Morgan fingerprint density at radius 2 is 1.79 bits per heavy atom. The van der Waals surface area contributed by atoms with Crippen molar-refractivity contribution in [2.24, 2.45) is 0 Å². The summed E-state index contributed by atoms with van der Waals surface area (Å²) >= 11 is 8.08. The van der Waals surface area contributed by atoms with Crippen LogP contribution in [-0.4, -0.2) is 5.25 Å². The van der Waals surface area contributed by atoms with E-state index < -0.39 is 0 Å². The lowest BCUT2D eigenvalue weighted by atomic mass is 10.0. The van der Waals surface area contributed by atoms with Crippen molar-refractivity contribution in [3.05, 3.63) is 28.8 Å². The number of rotatable bonds is 3. The Morgan fingerprint density at radius 1 is 1.14 bits per heavy atom. The molecule has 0 aliphatic heterocycles. The molecule has 1 aromatic carbocycles. The first-order valence-electron chi connectivity index (χ1n) is 4.97. The molecule has 14 heavy (non-hydrogen) atoms. The fourth-order valence-corrected chi connectivity index (χ4v) is 3.02. The largest absolute Gasteiger partial charge is 0.123 e. The van der Waals surface area contributed by atoms with Gasteiger partial charge in [0.15, 0.2) is 0 Å². The Labute approximate surface area is 96.0 Å². The van der Waals surface area contributed by atoms with Crippen molar-refractivity contribution in [3.63, 3.8) is 0 Å². The molecule has 0 aliphatic rings. The van der Waals surface area contributed by atoms with Crippen LogP contribution in [0, 0.1) is 0 Å². The maximum absolute atomic E-state index is 6.19. The summed E-state index contributed by atoms with van der Waals surface area (Å²) in [5.74, 6) is 0.491. The molecular formula is C12H17ClS. The first-order valence-corrected chi connectivity index (χ1v) is 6.23. The van der Waals surface area contributed by atoms with Gasteiger partial charge in [-0.1, -0.05) is 45.4 Å². The van der Waals surface area contributed by atoms with E-state index in [1.54, 1.807) is 0 Å². The van der Waals surface area contributed by atoms with Crippen LogP contribution in [-0.2, 0) is 0 Å². The van der Waals surface area contributed by atoms with Gasteiger partial charge in [-0.3, -0.25) is 0 Å². The summed E-state index contributed by atoms with van der Waals surface area (Å²) in [4.78, 5) is 1.32. The minimum absolute atomic E-state index is 0.491. The van der Waals surface area contributed by atoms with E-state index in [0.717, 1.165) is 5.02 Å². The first kappa shape index (κ1) is 11.9. The zero-order valence-electron chi connectivity index (χ0n) is 9.17. The Kier molecular flexibility index (Phi) is 4.33. The summed E-state index contributed by atoms with van der Waals surface area (Å²) in [6.45, 7) is 8.78. The van der Waals surface area contributed by atoms with Crippen molar-refractivity contribution < 1.29 is 0 Å².